The Morgan fingerprint density at radius 3 is 2.58 bits per heavy atom. The summed E-state index contributed by atoms with van der Waals surface area (Å²) in [4.78, 5) is 27.6. The number of hydrogen-bond donors (Lipinski definition) is 1. The largest absolute Gasteiger partial charge is 0.507 e. The summed E-state index contributed by atoms with van der Waals surface area (Å²) in [7, 11) is 1.52. The van der Waals surface area contributed by atoms with Gasteiger partial charge in [0.1, 0.15) is 24.7 Å². The summed E-state index contributed by atoms with van der Waals surface area (Å²) in [6.45, 7) is 5.04. The third-order valence-electron chi connectivity index (χ3n) is 5.47. The number of carbonyl (C=O) groups excluding carboxylic acids is 2. The molecular weight excluding hydrogens is 426 g/mol. The molecule has 0 bridgehead atoms. The lowest BCUT2D eigenvalue weighted by Gasteiger charge is -2.27. The van der Waals surface area contributed by atoms with Crippen molar-refractivity contribution in [3.63, 3.8) is 0 Å². The zero-order chi connectivity index (χ0) is 23.5. The Morgan fingerprint density at radius 2 is 1.85 bits per heavy atom. The highest BCUT2D eigenvalue weighted by atomic mass is 16.6. The molecule has 0 aromatic heterocycles. The summed E-state index contributed by atoms with van der Waals surface area (Å²) < 4.78 is 22.3. The van der Waals surface area contributed by atoms with Gasteiger partial charge in [-0.05, 0) is 38.1 Å². The highest BCUT2D eigenvalue weighted by molar-refractivity contribution is 6.46. The van der Waals surface area contributed by atoms with Gasteiger partial charge in [0, 0.05) is 24.8 Å². The van der Waals surface area contributed by atoms with Crippen LogP contribution in [0.4, 0.5) is 0 Å². The van der Waals surface area contributed by atoms with E-state index in [0.717, 1.165) is 0 Å². The zero-order valence-corrected chi connectivity index (χ0v) is 18.9. The Morgan fingerprint density at radius 1 is 1.12 bits per heavy atom. The van der Waals surface area contributed by atoms with Gasteiger partial charge in [-0.1, -0.05) is 18.2 Å². The molecule has 0 saturated carbocycles. The minimum absolute atomic E-state index is 0.00686. The Hall–Kier alpha value is -3.52. The number of Topliss-reactive ketones (excluding diaryl/α,β-unsaturated/α-hetero) is 1. The van der Waals surface area contributed by atoms with Crippen molar-refractivity contribution in [1.82, 2.24) is 4.90 Å². The standard InChI is InChI=1S/C25H27NO7/c1-15(2)33-18-7-5-4-6-17(18)22-21(24(28)25(29)26(22)10-11-30-3)23(27)16-8-9-19-20(14-16)32-13-12-31-19/h4-9,14-15,22,27H,10-13H2,1-3H3/b23-21+. The molecule has 2 aromatic carbocycles. The molecule has 8 heteroatoms. The Labute approximate surface area is 192 Å². The monoisotopic (exact) mass is 453 g/mol. The number of para-hydroxylation sites is 1. The summed E-state index contributed by atoms with van der Waals surface area (Å²) >= 11 is 0. The topological polar surface area (TPSA) is 94.5 Å². The van der Waals surface area contributed by atoms with Crippen molar-refractivity contribution >= 4 is 17.4 Å². The minimum Gasteiger partial charge on any atom is -0.507 e. The Bertz CT molecular complexity index is 1090. The zero-order valence-electron chi connectivity index (χ0n) is 18.9. The van der Waals surface area contributed by atoms with Crippen LogP contribution < -0.4 is 14.2 Å². The molecule has 1 fully saturated rings. The van der Waals surface area contributed by atoms with E-state index in [4.69, 9.17) is 18.9 Å². The number of methoxy groups -OCH3 is 1. The van der Waals surface area contributed by atoms with E-state index in [1.807, 2.05) is 26.0 Å². The van der Waals surface area contributed by atoms with Gasteiger partial charge in [0.25, 0.3) is 11.7 Å². The number of ether oxygens (including phenoxy) is 4. The molecule has 1 N–H and O–H groups in total. The van der Waals surface area contributed by atoms with Gasteiger partial charge in [0.05, 0.1) is 24.3 Å². The van der Waals surface area contributed by atoms with Crippen molar-refractivity contribution in [2.24, 2.45) is 0 Å². The average Bonchev–Trinajstić information content (AvgIpc) is 3.06. The molecule has 2 aliphatic heterocycles. The number of fused-ring (bicyclic) bond motifs is 1. The summed E-state index contributed by atoms with van der Waals surface area (Å²) in [5.74, 6) is -0.174. The fraction of sp³-hybridized carbons (Fsp3) is 0.360. The molecule has 1 unspecified atom stereocenters. The predicted octanol–water partition coefficient (Wildman–Crippen LogP) is 3.31. The lowest BCUT2D eigenvalue weighted by Crippen LogP contribution is -2.33. The molecule has 0 aliphatic carbocycles. The van der Waals surface area contributed by atoms with Crippen LogP contribution in [-0.4, -0.2) is 61.3 Å². The van der Waals surface area contributed by atoms with E-state index in [-0.39, 0.29) is 30.6 Å². The lowest BCUT2D eigenvalue weighted by molar-refractivity contribution is -0.140. The molecule has 0 radical (unpaired) electrons. The molecule has 1 atom stereocenters. The number of nitrogens with zero attached hydrogens (tertiary/aromatic N) is 1. The van der Waals surface area contributed by atoms with Crippen molar-refractivity contribution in [2.45, 2.75) is 26.0 Å². The van der Waals surface area contributed by atoms with Gasteiger partial charge < -0.3 is 29.0 Å². The number of likely N-dealkylation sites (tertiary alicyclic amines) is 1. The summed E-state index contributed by atoms with van der Waals surface area (Å²) in [5.41, 5.74) is 0.962. The maximum atomic E-state index is 13.2. The van der Waals surface area contributed by atoms with E-state index in [1.54, 1.807) is 30.3 Å². The first-order valence-corrected chi connectivity index (χ1v) is 10.8. The number of benzene rings is 2. The summed E-state index contributed by atoms with van der Waals surface area (Å²) in [6, 6.07) is 11.3. The van der Waals surface area contributed by atoms with E-state index >= 15 is 0 Å². The molecule has 2 aliphatic rings. The van der Waals surface area contributed by atoms with Crippen molar-refractivity contribution < 1.29 is 33.6 Å². The number of carbonyl (C=O) groups is 2. The fourth-order valence-corrected chi connectivity index (χ4v) is 4.04. The molecule has 1 amide bonds. The number of ketones is 1. The Kier molecular flexibility index (Phi) is 6.55. The van der Waals surface area contributed by atoms with E-state index < -0.39 is 17.7 Å². The SMILES string of the molecule is COCCN1C(=O)C(=O)/C(=C(/O)c2ccc3c(c2)OCCO3)C1c1ccccc1OC(C)C. The van der Waals surface area contributed by atoms with Crippen molar-refractivity contribution in [3.05, 3.63) is 59.2 Å². The van der Waals surface area contributed by atoms with Gasteiger partial charge in [0.15, 0.2) is 11.5 Å². The van der Waals surface area contributed by atoms with Crippen LogP contribution >= 0.6 is 0 Å². The van der Waals surface area contributed by atoms with E-state index in [1.165, 1.54) is 12.0 Å². The molecular formula is C25H27NO7. The highest BCUT2D eigenvalue weighted by Crippen LogP contribution is 2.43. The second-order valence-corrected chi connectivity index (χ2v) is 8.05. The minimum atomic E-state index is -0.830. The summed E-state index contributed by atoms with van der Waals surface area (Å²) in [5, 5.41) is 11.3. The van der Waals surface area contributed by atoms with Gasteiger partial charge in [-0.25, -0.2) is 0 Å². The molecule has 1 saturated heterocycles. The first kappa shape index (κ1) is 22.7. The average molecular weight is 453 g/mol. The van der Waals surface area contributed by atoms with E-state index in [0.29, 0.717) is 41.6 Å². The second-order valence-electron chi connectivity index (χ2n) is 8.05. The number of aliphatic hydroxyl groups is 1. The molecule has 0 spiro atoms. The molecule has 33 heavy (non-hydrogen) atoms. The lowest BCUT2D eigenvalue weighted by atomic mass is 9.94. The first-order valence-electron chi connectivity index (χ1n) is 10.8. The molecule has 2 heterocycles. The number of aliphatic hydroxyl groups excluding tert-OH is 1. The first-order chi connectivity index (χ1) is 15.9. The normalized spacial score (nSPS) is 19.3. The van der Waals surface area contributed by atoms with Crippen LogP contribution in [0, 0.1) is 0 Å². The molecule has 4 rings (SSSR count). The van der Waals surface area contributed by atoms with Crippen LogP contribution in [-0.2, 0) is 14.3 Å². The van der Waals surface area contributed by atoms with Crippen LogP contribution in [0.3, 0.4) is 0 Å². The third-order valence-corrected chi connectivity index (χ3v) is 5.47. The second kappa shape index (κ2) is 9.54. The third kappa shape index (κ3) is 4.39. The Balaban J connectivity index is 1.86. The number of amides is 1. The predicted molar refractivity (Wildman–Crippen MR) is 121 cm³/mol. The molecule has 174 valence electrons. The van der Waals surface area contributed by atoms with Gasteiger partial charge in [-0.2, -0.15) is 0 Å². The maximum absolute atomic E-state index is 13.2. The number of hydrogen-bond acceptors (Lipinski definition) is 7. The van der Waals surface area contributed by atoms with Crippen LogP contribution in [0.15, 0.2) is 48.0 Å². The quantitative estimate of drug-likeness (QED) is 0.390. The van der Waals surface area contributed by atoms with Gasteiger partial charge in [0.2, 0.25) is 0 Å². The molecule has 2 aromatic rings. The molecule has 8 nitrogen and oxygen atoms in total. The maximum Gasteiger partial charge on any atom is 0.295 e. The van der Waals surface area contributed by atoms with Crippen molar-refractivity contribution in [1.29, 1.82) is 0 Å². The van der Waals surface area contributed by atoms with Crippen LogP contribution in [0.2, 0.25) is 0 Å². The van der Waals surface area contributed by atoms with Crippen LogP contribution in [0.5, 0.6) is 17.2 Å². The van der Waals surface area contributed by atoms with Crippen LogP contribution in [0.1, 0.15) is 31.0 Å². The fourth-order valence-electron chi connectivity index (χ4n) is 4.04. The smallest absolute Gasteiger partial charge is 0.295 e. The number of rotatable bonds is 7. The van der Waals surface area contributed by atoms with Crippen molar-refractivity contribution in [3.8, 4) is 17.2 Å². The van der Waals surface area contributed by atoms with E-state index in [9.17, 15) is 14.7 Å². The van der Waals surface area contributed by atoms with Gasteiger partial charge in [-0.15, -0.1) is 0 Å². The van der Waals surface area contributed by atoms with Crippen LogP contribution in [0.25, 0.3) is 5.76 Å². The summed E-state index contributed by atoms with van der Waals surface area (Å²) in [6.07, 6.45) is -0.120. The van der Waals surface area contributed by atoms with Gasteiger partial charge in [-0.3, -0.25) is 9.59 Å². The van der Waals surface area contributed by atoms with Crippen molar-refractivity contribution in [2.75, 3.05) is 33.5 Å². The van der Waals surface area contributed by atoms with E-state index in [2.05, 4.69) is 0 Å². The highest BCUT2D eigenvalue weighted by Gasteiger charge is 2.47. The van der Waals surface area contributed by atoms with Gasteiger partial charge >= 0.3 is 0 Å².